The van der Waals surface area contributed by atoms with Crippen molar-refractivity contribution in [3.63, 3.8) is 0 Å². The highest BCUT2D eigenvalue weighted by atomic mass is 35.5. The lowest BCUT2D eigenvalue weighted by atomic mass is 9.86. The van der Waals surface area contributed by atoms with Crippen molar-refractivity contribution in [3.05, 3.63) is 62.9 Å². The number of oxime groups is 1. The highest BCUT2D eigenvalue weighted by molar-refractivity contribution is 7.92. The van der Waals surface area contributed by atoms with Crippen molar-refractivity contribution in [2.24, 2.45) is 5.16 Å². The number of hydrogen-bond donors (Lipinski definition) is 1. The van der Waals surface area contributed by atoms with Crippen molar-refractivity contribution in [3.8, 4) is 0 Å². The van der Waals surface area contributed by atoms with Gasteiger partial charge < -0.3 is 14.7 Å². The highest BCUT2D eigenvalue weighted by Crippen LogP contribution is 2.49. The zero-order valence-electron chi connectivity index (χ0n) is 16.5. The molecule has 170 valence electrons. The first kappa shape index (κ1) is 23.2. The standard InChI is InChI=1S/C20H16Cl2F3N3O3S/c1-10-2-11(7-26-17(10)18(29)27-15-8-32(30)9-15)16-6-19(31-28-16,20(23,24)25)12-3-13(21)5-14(22)4-12/h2-5,7,15H,6,8-9H2,1H3,(H,27,29)/t15?,19-,32?/m0/s1. The summed E-state index contributed by atoms with van der Waals surface area (Å²) in [7, 11) is 0. The molecule has 0 saturated carbocycles. The van der Waals surface area contributed by atoms with Crippen molar-refractivity contribution in [1.29, 1.82) is 0 Å². The summed E-state index contributed by atoms with van der Waals surface area (Å²) in [5.41, 5.74) is -2.10. The maximum Gasteiger partial charge on any atom is 0.435 e. The van der Waals surface area contributed by atoms with E-state index in [0.717, 1.165) is 12.1 Å². The fourth-order valence-corrected chi connectivity index (χ4v) is 5.05. The molecule has 1 amide bonds. The number of benzene rings is 1. The third-order valence-electron chi connectivity index (χ3n) is 5.25. The zero-order chi connectivity index (χ0) is 23.3. The predicted octanol–water partition coefficient (Wildman–Crippen LogP) is 4.14. The summed E-state index contributed by atoms with van der Waals surface area (Å²) in [6.45, 7) is 1.62. The van der Waals surface area contributed by atoms with Crippen LogP contribution in [0.5, 0.6) is 0 Å². The fraction of sp³-hybridized carbons (Fsp3) is 0.350. The number of aryl methyl sites for hydroxylation is 1. The molecule has 2 aromatic rings. The lowest BCUT2D eigenvalue weighted by Crippen LogP contribution is -2.53. The molecule has 0 spiro atoms. The van der Waals surface area contributed by atoms with Gasteiger partial charge in [-0.2, -0.15) is 13.2 Å². The van der Waals surface area contributed by atoms with Crippen molar-refractivity contribution in [1.82, 2.24) is 10.3 Å². The second-order valence-electron chi connectivity index (χ2n) is 7.62. The van der Waals surface area contributed by atoms with E-state index in [2.05, 4.69) is 15.5 Å². The Morgan fingerprint density at radius 2 is 1.91 bits per heavy atom. The first-order valence-electron chi connectivity index (χ1n) is 9.40. The number of pyridine rings is 1. The summed E-state index contributed by atoms with van der Waals surface area (Å²) in [6, 6.07) is 4.97. The van der Waals surface area contributed by atoms with E-state index >= 15 is 0 Å². The minimum absolute atomic E-state index is 0.0235. The fourth-order valence-electron chi connectivity index (χ4n) is 3.55. The van der Waals surface area contributed by atoms with Crippen LogP contribution >= 0.6 is 23.2 Å². The van der Waals surface area contributed by atoms with Crippen molar-refractivity contribution in [2.45, 2.75) is 31.2 Å². The molecule has 1 fully saturated rings. The number of nitrogens with one attached hydrogen (secondary N) is 1. The van der Waals surface area contributed by atoms with Gasteiger partial charge in [-0.25, -0.2) is 0 Å². The first-order chi connectivity index (χ1) is 15.0. The normalized spacial score (nSPS) is 25.0. The van der Waals surface area contributed by atoms with Crippen LogP contribution in [0.2, 0.25) is 10.0 Å². The second kappa shape index (κ2) is 8.40. The van der Waals surface area contributed by atoms with Crippen LogP contribution in [0.25, 0.3) is 0 Å². The van der Waals surface area contributed by atoms with E-state index in [1.165, 1.54) is 18.3 Å². The molecule has 0 radical (unpaired) electrons. The van der Waals surface area contributed by atoms with Gasteiger partial charge in [0.15, 0.2) is 0 Å². The van der Waals surface area contributed by atoms with Crippen LogP contribution < -0.4 is 5.32 Å². The number of nitrogens with zero attached hydrogens (tertiary/aromatic N) is 2. The van der Waals surface area contributed by atoms with Gasteiger partial charge in [-0.15, -0.1) is 0 Å². The number of hydrogen-bond acceptors (Lipinski definition) is 5. The molecule has 2 aliphatic rings. The molecule has 1 saturated heterocycles. The predicted molar refractivity (Wildman–Crippen MR) is 115 cm³/mol. The number of amides is 1. The Labute approximate surface area is 194 Å². The molecular formula is C20H16Cl2F3N3O3S. The Balaban J connectivity index is 1.58. The maximum absolute atomic E-state index is 14.1. The molecule has 1 N–H and O–H groups in total. The van der Waals surface area contributed by atoms with Crippen molar-refractivity contribution in [2.75, 3.05) is 11.5 Å². The maximum atomic E-state index is 14.1. The molecular weight excluding hydrogens is 490 g/mol. The van der Waals surface area contributed by atoms with Crippen LogP contribution in [0.1, 0.15) is 33.6 Å². The summed E-state index contributed by atoms with van der Waals surface area (Å²) in [4.78, 5) is 21.5. The van der Waals surface area contributed by atoms with Gasteiger partial charge in [-0.3, -0.25) is 9.78 Å². The van der Waals surface area contributed by atoms with E-state index in [1.807, 2.05) is 0 Å². The highest BCUT2D eigenvalue weighted by Gasteiger charge is 2.62. The van der Waals surface area contributed by atoms with E-state index in [9.17, 15) is 22.5 Å². The molecule has 6 nitrogen and oxygen atoms in total. The van der Waals surface area contributed by atoms with E-state index in [-0.39, 0.29) is 33.1 Å². The van der Waals surface area contributed by atoms with Crippen LogP contribution in [0.3, 0.4) is 0 Å². The zero-order valence-corrected chi connectivity index (χ0v) is 18.8. The molecule has 2 aliphatic heterocycles. The van der Waals surface area contributed by atoms with Gasteiger partial charge in [-0.1, -0.05) is 28.4 Å². The molecule has 1 aromatic heterocycles. The first-order valence-corrected chi connectivity index (χ1v) is 11.6. The Morgan fingerprint density at radius 1 is 1.25 bits per heavy atom. The lowest BCUT2D eigenvalue weighted by Gasteiger charge is -2.29. The molecule has 12 heteroatoms. The third kappa shape index (κ3) is 4.28. The van der Waals surface area contributed by atoms with E-state index < -0.39 is 35.3 Å². The van der Waals surface area contributed by atoms with E-state index in [0.29, 0.717) is 22.6 Å². The molecule has 32 heavy (non-hydrogen) atoms. The lowest BCUT2D eigenvalue weighted by molar-refractivity contribution is -0.275. The smallest absolute Gasteiger partial charge is 0.435 e. The Morgan fingerprint density at radius 3 is 2.47 bits per heavy atom. The molecule has 0 aliphatic carbocycles. The summed E-state index contributed by atoms with van der Waals surface area (Å²) < 4.78 is 53.5. The van der Waals surface area contributed by atoms with Crippen LogP contribution in [0.15, 0.2) is 35.6 Å². The molecule has 1 aromatic carbocycles. The number of rotatable bonds is 4. The van der Waals surface area contributed by atoms with Gasteiger partial charge in [0, 0.05) is 27.4 Å². The average molecular weight is 506 g/mol. The van der Waals surface area contributed by atoms with Crippen LogP contribution in [0.4, 0.5) is 13.2 Å². The minimum Gasteiger partial charge on any atom is -0.616 e. The van der Waals surface area contributed by atoms with Gasteiger partial charge in [0.1, 0.15) is 23.2 Å². The Bertz CT molecular complexity index is 1090. The van der Waals surface area contributed by atoms with E-state index in [4.69, 9.17) is 28.0 Å². The molecule has 1 atom stereocenters. The Hall–Kier alpha value is -2.01. The van der Waals surface area contributed by atoms with Crippen LogP contribution in [-0.2, 0) is 21.6 Å². The number of carbonyl (C=O) groups is 1. The van der Waals surface area contributed by atoms with E-state index in [1.54, 1.807) is 6.92 Å². The van der Waals surface area contributed by atoms with Crippen LogP contribution in [-0.4, -0.2) is 44.9 Å². The monoisotopic (exact) mass is 505 g/mol. The van der Waals surface area contributed by atoms with Crippen molar-refractivity contribution < 1.29 is 27.4 Å². The summed E-state index contributed by atoms with van der Waals surface area (Å²) in [6.07, 6.45) is -4.15. The summed E-state index contributed by atoms with van der Waals surface area (Å²) >= 11 is 10.9. The SMILES string of the molecule is Cc1cc(C2=NO[C@@](c3cc(Cl)cc(Cl)c3)(C(F)(F)F)C2)cnc1C(=O)NC1C[S+]([O-])C1. The summed E-state index contributed by atoms with van der Waals surface area (Å²) in [5, 5.41) is 6.50. The van der Waals surface area contributed by atoms with Crippen molar-refractivity contribution >= 4 is 46.0 Å². The average Bonchev–Trinajstić information content (AvgIpc) is 3.12. The van der Waals surface area contributed by atoms with Gasteiger partial charge in [0.25, 0.3) is 11.5 Å². The van der Waals surface area contributed by atoms with Gasteiger partial charge in [0.2, 0.25) is 0 Å². The molecule has 0 bridgehead atoms. The van der Waals surface area contributed by atoms with Gasteiger partial charge >= 0.3 is 6.18 Å². The molecule has 0 unspecified atom stereocenters. The number of aromatic nitrogens is 1. The Kier molecular flexibility index (Phi) is 6.08. The number of alkyl halides is 3. The molecule has 3 heterocycles. The third-order valence-corrected chi connectivity index (χ3v) is 7.24. The summed E-state index contributed by atoms with van der Waals surface area (Å²) in [5.74, 6) is 0.354. The quantitative estimate of drug-likeness (QED) is 0.632. The minimum atomic E-state index is -4.81. The van der Waals surface area contributed by atoms with Gasteiger partial charge in [-0.05, 0) is 47.9 Å². The van der Waals surface area contributed by atoms with Gasteiger partial charge in [0.05, 0.1) is 12.1 Å². The number of halogens is 5. The largest absolute Gasteiger partial charge is 0.616 e. The molecule has 4 rings (SSSR count). The topological polar surface area (TPSA) is 86.6 Å². The number of carbonyl (C=O) groups excluding carboxylic acids is 1. The second-order valence-corrected chi connectivity index (χ2v) is 10.0. The van der Waals surface area contributed by atoms with Crippen LogP contribution in [0, 0.1) is 6.92 Å².